The van der Waals surface area contributed by atoms with Crippen molar-refractivity contribution in [1.82, 2.24) is 14.5 Å². The molecular weight excluding hydrogens is 364 g/mol. The molecule has 0 aliphatic heterocycles. The molecule has 0 unspecified atom stereocenters. The Labute approximate surface area is 169 Å². The summed E-state index contributed by atoms with van der Waals surface area (Å²) < 4.78 is 7.46. The molecule has 2 heterocycles. The van der Waals surface area contributed by atoms with Crippen LogP contribution in [0.5, 0.6) is 0 Å². The monoisotopic (exact) mass is 388 g/mol. The minimum absolute atomic E-state index is 0.0231. The first-order valence-corrected chi connectivity index (χ1v) is 9.69. The Hall–Kier alpha value is -3.22. The summed E-state index contributed by atoms with van der Waals surface area (Å²) >= 11 is 0. The topological polar surface area (TPSA) is 72.2 Å². The van der Waals surface area contributed by atoms with Crippen molar-refractivity contribution in [3.63, 3.8) is 0 Å². The molecule has 0 bridgehead atoms. The van der Waals surface area contributed by atoms with Gasteiger partial charge < -0.3 is 19.7 Å². The Morgan fingerprint density at radius 2 is 1.79 bits per heavy atom. The van der Waals surface area contributed by atoms with E-state index in [1.165, 1.54) is 5.56 Å². The van der Waals surface area contributed by atoms with Gasteiger partial charge in [0.05, 0.1) is 25.2 Å². The Kier molecular flexibility index (Phi) is 5.84. The van der Waals surface area contributed by atoms with E-state index in [-0.39, 0.29) is 6.61 Å². The number of anilines is 1. The van der Waals surface area contributed by atoms with Crippen LogP contribution in [-0.2, 0) is 4.74 Å². The van der Waals surface area contributed by atoms with Crippen molar-refractivity contribution < 1.29 is 9.84 Å². The molecule has 2 N–H and O–H groups in total. The van der Waals surface area contributed by atoms with E-state index in [4.69, 9.17) is 9.84 Å². The van der Waals surface area contributed by atoms with E-state index in [1.807, 2.05) is 18.2 Å². The van der Waals surface area contributed by atoms with Gasteiger partial charge in [-0.15, -0.1) is 0 Å². The molecule has 0 atom stereocenters. The van der Waals surface area contributed by atoms with Crippen LogP contribution in [0.1, 0.15) is 5.56 Å². The Balaban J connectivity index is 1.79. The van der Waals surface area contributed by atoms with E-state index in [1.54, 1.807) is 6.33 Å². The molecule has 0 spiro atoms. The lowest BCUT2D eigenvalue weighted by Crippen LogP contribution is -2.12. The maximum atomic E-state index is 8.85. The van der Waals surface area contributed by atoms with E-state index in [9.17, 15) is 0 Å². The zero-order chi connectivity index (χ0) is 20.1. The lowest BCUT2D eigenvalue weighted by molar-refractivity contribution is 0.0992. The van der Waals surface area contributed by atoms with Gasteiger partial charge in [-0.3, -0.25) is 0 Å². The quantitative estimate of drug-likeness (QED) is 0.449. The number of fused-ring (bicyclic) bond motifs is 1. The van der Waals surface area contributed by atoms with Crippen LogP contribution in [0, 0.1) is 6.92 Å². The molecule has 2 aromatic heterocycles. The highest BCUT2D eigenvalue weighted by Gasteiger charge is 2.17. The van der Waals surface area contributed by atoms with Crippen molar-refractivity contribution >= 4 is 16.9 Å². The van der Waals surface area contributed by atoms with Gasteiger partial charge in [-0.25, -0.2) is 9.97 Å². The molecule has 0 aliphatic rings. The molecule has 0 radical (unpaired) electrons. The van der Waals surface area contributed by atoms with Gasteiger partial charge in [0.1, 0.15) is 12.1 Å². The highest BCUT2D eigenvalue weighted by molar-refractivity contribution is 6.02. The lowest BCUT2D eigenvalue weighted by atomic mass is 10.1. The van der Waals surface area contributed by atoms with Crippen LogP contribution in [0.25, 0.3) is 27.8 Å². The van der Waals surface area contributed by atoms with Crippen LogP contribution in [0.3, 0.4) is 0 Å². The summed E-state index contributed by atoms with van der Waals surface area (Å²) in [6, 6.07) is 18.7. The molecule has 148 valence electrons. The van der Waals surface area contributed by atoms with Crippen LogP contribution in [0.4, 0.5) is 5.82 Å². The maximum Gasteiger partial charge on any atom is 0.150 e. The van der Waals surface area contributed by atoms with Gasteiger partial charge in [0.25, 0.3) is 0 Å². The summed E-state index contributed by atoms with van der Waals surface area (Å²) in [5.41, 5.74) is 5.30. The summed E-state index contributed by atoms with van der Waals surface area (Å²) in [4.78, 5) is 9.08. The van der Waals surface area contributed by atoms with Gasteiger partial charge in [-0.2, -0.15) is 0 Å². The second-order valence-corrected chi connectivity index (χ2v) is 6.80. The number of hydrogen-bond donors (Lipinski definition) is 2. The first-order valence-electron chi connectivity index (χ1n) is 9.69. The predicted molar refractivity (Wildman–Crippen MR) is 115 cm³/mol. The third-order valence-electron chi connectivity index (χ3n) is 4.75. The van der Waals surface area contributed by atoms with Gasteiger partial charge >= 0.3 is 0 Å². The summed E-state index contributed by atoms with van der Waals surface area (Å²) in [5.74, 6) is 0.771. The van der Waals surface area contributed by atoms with Gasteiger partial charge in [0.2, 0.25) is 0 Å². The van der Waals surface area contributed by atoms with Crippen LogP contribution < -0.4 is 5.32 Å². The molecule has 0 saturated carbocycles. The lowest BCUT2D eigenvalue weighted by Gasteiger charge is -2.09. The van der Waals surface area contributed by atoms with E-state index < -0.39 is 0 Å². The molecule has 29 heavy (non-hydrogen) atoms. The number of benzene rings is 2. The number of nitrogens with zero attached hydrogens (tertiary/aromatic N) is 3. The minimum atomic E-state index is 0.0231. The first-order chi connectivity index (χ1) is 14.3. The van der Waals surface area contributed by atoms with Gasteiger partial charge in [-0.05, 0) is 24.6 Å². The maximum absolute atomic E-state index is 8.85. The van der Waals surface area contributed by atoms with E-state index in [2.05, 4.69) is 69.4 Å². The normalized spacial score (nSPS) is 11.1. The Bertz CT molecular complexity index is 1080. The SMILES string of the molecule is Cc1ccc(-n2cc(-c3ccccc3)c3c(NCCOCCO)ncnc32)cc1. The molecule has 4 aromatic rings. The summed E-state index contributed by atoms with van der Waals surface area (Å²) in [6.07, 6.45) is 3.70. The van der Waals surface area contributed by atoms with Crippen molar-refractivity contribution in [2.75, 3.05) is 31.7 Å². The summed E-state index contributed by atoms with van der Waals surface area (Å²) in [5, 5.41) is 13.2. The number of rotatable bonds is 8. The molecule has 0 saturated heterocycles. The average Bonchev–Trinajstić information content (AvgIpc) is 3.15. The Morgan fingerprint density at radius 3 is 2.55 bits per heavy atom. The molecular formula is C23H24N4O2. The molecule has 0 amide bonds. The van der Waals surface area contributed by atoms with E-state index in [0.29, 0.717) is 19.8 Å². The highest BCUT2D eigenvalue weighted by atomic mass is 16.5. The highest BCUT2D eigenvalue weighted by Crippen LogP contribution is 2.35. The van der Waals surface area contributed by atoms with Gasteiger partial charge in [0, 0.05) is 24.0 Å². The van der Waals surface area contributed by atoms with Gasteiger partial charge in [0.15, 0.2) is 5.65 Å². The molecule has 6 heteroatoms. The smallest absolute Gasteiger partial charge is 0.150 e. The van der Waals surface area contributed by atoms with Crippen LogP contribution in [-0.4, -0.2) is 46.0 Å². The fourth-order valence-corrected chi connectivity index (χ4v) is 3.34. The molecule has 0 fully saturated rings. The molecule has 4 rings (SSSR count). The van der Waals surface area contributed by atoms with Crippen molar-refractivity contribution in [2.45, 2.75) is 6.92 Å². The van der Waals surface area contributed by atoms with Crippen molar-refractivity contribution in [2.24, 2.45) is 0 Å². The van der Waals surface area contributed by atoms with Crippen molar-refractivity contribution in [3.8, 4) is 16.8 Å². The summed E-state index contributed by atoms with van der Waals surface area (Å²) in [7, 11) is 0. The second kappa shape index (κ2) is 8.86. The largest absolute Gasteiger partial charge is 0.394 e. The third-order valence-corrected chi connectivity index (χ3v) is 4.75. The molecule has 6 nitrogen and oxygen atoms in total. The number of aromatic nitrogens is 3. The van der Waals surface area contributed by atoms with Crippen LogP contribution in [0.15, 0.2) is 67.1 Å². The van der Waals surface area contributed by atoms with E-state index >= 15 is 0 Å². The number of aliphatic hydroxyl groups is 1. The fourth-order valence-electron chi connectivity index (χ4n) is 3.34. The summed E-state index contributed by atoms with van der Waals surface area (Å²) in [6.45, 7) is 3.52. The standard InChI is InChI=1S/C23H24N4O2/c1-17-7-9-19(10-8-17)27-15-20(18-5-3-2-4-6-18)21-22(25-16-26-23(21)27)24-11-13-29-14-12-28/h2-10,15-16,28H,11-14H2,1H3,(H,24,25,26). The van der Waals surface area contributed by atoms with Crippen LogP contribution >= 0.6 is 0 Å². The second-order valence-electron chi connectivity index (χ2n) is 6.80. The number of aliphatic hydroxyl groups excluding tert-OH is 1. The number of hydrogen-bond acceptors (Lipinski definition) is 5. The Morgan fingerprint density at radius 1 is 1.00 bits per heavy atom. The zero-order valence-corrected chi connectivity index (χ0v) is 16.4. The predicted octanol–water partition coefficient (Wildman–Crippen LogP) is 3.82. The number of ether oxygens (including phenoxy) is 1. The molecule has 2 aromatic carbocycles. The van der Waals surface area contributed by atoms with Crippen LogP contribution in [0.2, 0.25) is 0 Å². The first kappa shape index (κ1) is 19.1. The zero-order valence-electron chi connectivity index (χ0n) is 16.4. The van der Waals surface area contributed by atoms with E-state index in [0.717, 1.165) is 33.7 Å². The minimum Gasteiger partial charge on any atom is -0.394 e. The fraction of sp³-hybridized carbons (Fsp3) is 0.217. The number of nitrogens with one attached hydrogen (secondary N) is 1. The number of aryl methyl sites for hydroxylation is 1. The average molecular weight is 388 g/mol. The van der Waals surface area contributed by atoms with Crippen molar-refractivity contribution in [1.29, 1.82) is 0 Å². The third kappa shape index (κ3) is 4.13. The van der Waals surface area contributed by atoms with Gasteiger partial charge in [-0.1, -0.05) is 48.0 Å². The van der Waals surface area contributed by atoms with Crippen molar-refractivity contribution in [3.05, 3.63) is 72.7 Å². The molecule has 0 aliphatic carbocycles.